The fourth-order valence-corrected chi connectivity index (χ4v) is 2.38. The summed E-state index contributed by atoms with van der Waals surface area (Å²) in [6.07, 6.45) is -3.60. The Hall–Kier alpha value is -3.50. The molecule has 2 heterocycles. The molecular weight excluding hydrogens is 392 g/mol. The lowest BCUT2D eigenvalue weighted by atomic mass is 10.2. The molecule has 3 aromatic rings. The Bertz CT molecular complexity index is 1010. The smallest absolute Gasteiger partial charge is 0.433 e. The molecule has 0 bridgehead atoms. The van der Waals surface area contributed by atoms with Crippen LogP contribution in [-0.4, -0.2) is 31.1 Å². The maximum Gasteiger partial charge on any atom is 0.433 e. The van der Waals surface area contributed by atoms with Gasteiger partial charge in [-0.05, 0) is 38.1 Å². The zero-order valence-corrected chi connectivity index (χ0v) is 15.3. The number of hydrogen-bond acceptors (Lipinski definition) is 7. The topological polar surface area (TPSA) is 95.9 Å². The standard InChI is InChI=1S/C18H16F4N6O/c1-9(2)24-16-26-15(10-5-11(19)7-13(29)6-10)27-17(28-16)25-12-3-4-23-14(8-12)18(20,21)22/h3-9,29H,1-2H3,(H2,23,24,25,26,27,28). The molecule has 7 nitrogen and oxygen atoms in total. The van der Waals surface area contributed by atoms with E-state index >= 15 is 0 Å². The Morgan fingerprint density at radius 2 is 1.72 bits per heavy atom. The van der Waals surface area contributed by atoms with Gasteiger partial charge in [0, 0.05) is 29.6 Å². The van der Waals surface area contributed by atoms with Gasteiger partial charge in [-0.2, -0.15) is 28.1 Å². The van der Waals surface area contributed by atoms with Crippen LogP contribution in [0.25, 0.3) is 11.4 Å². The molecule has 152 valence electrons. The van der Waals surface area contributed by atoms with Gasteiger partial charge in [0.25, 0.3) is 0 Å². The van der Waals surface area contributed by atoms with Gasteiger partial charge in [-0.15, -0.1) is 0 Å². The zero-order valence-electron chi connectivity index (χ0n) is 15.3. The molecule has 3 N–H and O–H groups in total. The molecule has 29 heavy (non-hydrogen) atoms. The van der Waals surface area contributed by atoms with Crippen LogP contribution in [-0.2, 0) is 6.18 Å². The van der Waals surface area contributed by atoms with Crippen LogP contribution in [0.2, 0.25) is 0 Å². The lowest BCUT2D eigenvalue weighted by Gasteiger charge is -2.13. The average Bonchev–Trinajstić information content (AvgIpc) is 2.59. The number of hydrogen-bond donors (Lipinski definition) is 3. The maximum absolute atomic E-state index is 13.7. The predicted molar refractivity (Wildman–Crippen MR) is 98.2 cm³/mol. The second kappa shape index (κ2) is 7.86. The largest absolute Gasteiger partial charge is 0.508 e. The van der Waals surface area contributed by atoms with Gasteiger partial charge in [0.2, 0.25) is 11.9 Å². The van der Waals surface area contributed by atoms with Crippen molar-refractivity contribution in [3.05, 3.63) is 48.0 Å². The van der Waals surface area contributed by atoms with Crippen molar-refractivity contribution in [1.82, 2.24) is 19.9 Å². The molecule has 2 aromatic heterocycles. The van der Waals surface area contributed by atoms with Gasteiger partial charge in [-0.1, -0.05) is 0 Å². The minimum Gasteiger partial charge on any atom is -0.508 e. The Balaban J connectivity index is 2.02. The van der Waals surface area contributed by atoms with Gasteiger partial charge < -0.3 is 15.7 Å². The fourth-order valence-electron chi connectivity index (χ4n) is 2.38. The van der Waals surface area contributed by atoms with Crippen LogP contribution in [0, 0.1) is 5.82 Å². The Labute approximate surface area is 162 Å². The third-order valence-electron chi connectivity index (χ3n) is 3.50. The Morgan fingerprint density at radius 3 is 2.38 bits per heavy atom. The van der Waals surface area contributed by atoms with E-state index in [0.717, 1.165) is 24.4 Å². The van der Waals surface area contributed by atoms with Crippen molar-refractivity contribution in [3.63, 3.8) is 0 Å². The number of halogens is 4. The normalized spacial score (nSPS) is 11.6. The minimum absolute atomic E-state index is 0.0190. The second-order valence-corrected chi connectivity index (χ2v) is 6.36. The number of alkyl halides is 3. The summed E-state index contributed by atoms with van der Waals surface area (Å²) < 4.78 is 52.3. The molecule has 0 radical (unpaired) electrons. The quantitative estimate of drug-likeness (QED) is 0.540. The summed E-state index contributed by atoms with van der Waals surface area (Å²) in [6.45, 7) is 3.67. The summed E-state index contributed by atoms with van der Waals surface area (Å²) in [5.41, 5.74) is -0.847. The van der Waals surface area contributed by atoms with Crippen molar-refractivity contribution >= 4 is 17.6 Å². The summed E-state index contributed by atoms with van der Waals surface area (Å²) >= 11 is 0. The monoisotopic (exact) mass is 408 g/mol. The molecule has 0 aliphatic carbocycles. The van der Waals surface area contributed by atoms with E-state index in [9.17, 15) is 22.7 Å². The molecular formula is C18H16F4N6O. The number of phenolic OH excluding ortho intramolecular Hbond substituents is 1. The van der Waals surface area contributed by atoms with Crippen molar-refractivity contribution in [2.45, 2.75) is 26.1 Å². The first kappa shape index (κ1) is 20.2. The number of phenols is 1. The van der Waals surface area contributed by atoms with Gasteiger partial charge in [0.05, 0.1) is 0 Å². The summed E-state index contributed by atoms with van der Waals surface area (Å²) in [7, 11) is 0. The zero-order chi connectivity index (χ0) is 21.2. The van der Waals surface area contributed by atoms with Crippen LogP contribution >= 0.6 is 0 Å². The van der Waals surface area contributed by atoms with Crippen LogP contribution < -0.4 is 10.6 Å². The van der Waals surface area contributed by atoms with Gasteiger partial charge in [0.1, 0.15) is 17.3 Å². The summed E-state index contributed by atoms with van der Waals surface area (Å²) in [4.78, 5) is 15.7. The molecule has 0 aliphatic rings. The molecule has 0 amide bonds. The van der Waals surface area contributed by atoms with Crippen molar-refractivity contribution in [2.75, 3.05) is 10.6 Å². The summed E-state index contributed by atoms with van der Waals surface area (Å²) in [6, 6.07) is 5.38. The molecule has 0 saturated carbocycles. The van der Waals surface area contributed by atoms with E-state index < -0.39 is 17.7 Å². The van der Waals surface area contributed by atoms with Crippen LogP contribution in [0.4, 0.5) is 35.1 Å². The van der Waals surface area contributed by atoms with Crippen molar-refractivity contribution < 1.29 is 22.7 Å². The molecule has 0 aliphatic heterocycles. The van der Waals surface area contributed by atoms with Gasteiger partial charge in [-0.3, -0.25) is 4.98 Å². The van der Waals surface area contributed by atoms with E-state index in [2.05, 4.69) is 30.6 Å². The number of aromatic nitrogens is 4. The van der Waals surface area contributed by atoms with Crippen LogP contribution in [0.5, 0.6) is 5.75 Å². The van der Waals surface area contributed by atoms with E-state index in [0.29, 0.717) is 0 Å². The molecule has 0 unspecified atom stereocenters. The van der Waals surface area contributed by atoms with E-state index in [1.807, 2.05) is 13.8 Å². The van der Waals surface area contributed by atoms with Crippen LogP contribution in [0.3, 0.4) is 0 Å². The van der Waals surface area contributed by atoms with Crippen LogP contribution in [0.1, 0.15) is 19.5 Å². The third-order valence-corrected chi connectivity index (χ3v) is 3.50. The lowest BCUT2D eigenvalue weighted by molar-refractivity contribution is -0.141. The average molecular weight is 408 g/mol. The highest BCUT2D eigenvalue weighted by atomic mass is 19.4. The van der Waals surface area contributed by atoms with Gasteiger partial charge in [0.15, 0.2) is 5.82 Å². The highest BCUT2D eigenvalue weighted by Gasteiger charge is 2.32. The van der Waals surface area contributed by atoms with Crippen molar-refractivity contribution in [1.29, 1.82) is 0 Å². The molecule has 0 saturated heterocycles. The minimum atomic E-state index is -4.61. The summed E-state index contributed by atoms with van der Waals surface area (Å²) in [5, 5.41) is 15.3. The highest BCUT2D eigenvalue weighted by Crippen LogP contribution is 2.30. The van der Waals surface area contributed by atoms with Crippen molar-refractivity contribution in [2.24, 2.45) is 0 Å². The number of nitrogens with zero attached hydrogens (tertiary/aromatic N) is 4. The maximum atomic E-state index is 13.7. The first-order valence-electron chi connectivity index (χ1n) is 8.43. The first-order valence-corrected chi connectivity index (χ1v) is 8.43. The number of nitrogens with one attached hydrogen (secondary N) is 2. The van der Waals surface area contributed by atoms with E-state index in [1.165, 1.54) is 12.1 Å². The van der Waals surface area contributed by atoms with Gasteiger partial charge in [-0.25, -0.2) is 4.39 Å². The molecule has 3 rings (SSSR count). The molecule has 1 aromatic carbocycles. The fraction of sp³-hybridized carbons (Fsp3) is 0.222. The number of anilines is 3. The second-order valence-electron chi connectivity index (χ2n) is 6.36. The van der Waals surface area contributed by atoms with E-state index in [4.69, 9.17) is 0 Å². The Kier molecular flexibility index (Phi) is 5.48. The van der Waals surface area contributed by atoms with Gasteiger partial charge >= 0.3 is 6.18 Å². The van der Waals surface area contributed by atoms with E-state index in [-0.39, 0.29) is 40.8 Å². The third kappa shape index (κ3) is 5.27. The number of pyridine rings is 1. The number of rotatable bonds is 5. The molecule has 0 fully saturated rings. The van der Waals surface area contributed by atoms with Crippen molar-refractivity contribution in [3.8, 4) is 17.1 Å². The molecule has 0 spiro atoms. The lowest BCUT2D eigenvalue weighted by Crippen LogP contribution is -2.14. The number of aromatic hydroxyl groups is 1. The highest BCUT2D eigenvalue weighted by molar-refractivity contribution is 5.62. The summed E-state index contributed by atoms with van der Waals surface area (Å²) in [5.74, 6) is -0.942. The Morgan fingerprint density at radius 1 is 1.00 bits per heavy atom. The predicted octanol–water partition coefficient (Wildman–Crippen LogP) is 4.36. The SMILES string of the molecule is CC(C)Nc1nc(Nc2ccnc(C(F)(F)F)c2)nc(-c2cc(O)cc(F)c2)n1. The van der Waals surface area contributed by atoms with Crippen LogP contribution in [0.15, 0.2) is 36.5 Å². The van der Waals surface area contributed by atoms with E-state index in [1.54, 1.807) is 0 Å². The first-order chi connectivity index (χ1) is 13.6. The molecule has 0 atom stereocenters. The molecule has 11 heteroatoms. The number of benzene rings is 1.